The van der Waals surface area contributed by atoms with Crippen LogP contribution in [0.5, 0.6) is 5.75 Å². The smallest absolute Gasteiger partial charge is 0.234 e. The SMILES string of the molecule is COc1ccc(CCNC(=O)CN(Cc2ccco2)C2CC2)cc1. The number of rotatable bonds is 9. The summed E-state index contributed by atoms with van der Waals surface area (Å²) in [7, 11) is 1.66. The number of ether oxygens (including phenoxy) is 1. The molecule has 1 heterocycles. The summed E-state index contributed by atoms with van der Waals surface area (Å²) < 4.78 is 10.5. The van der Waals surface area contributed by atoms with Gasteiger partial charge in [0, 0.05) is 12.6 Å². The number of amides is 1. The lowest BCUT2D eigenvalue weighted by molar-refractivity contribution is -0.122. The molecule has 0 saturated heterocycles. The Balaban J connectivity index is 1.42. The van der Waals surface area contributed by atoms with Crippen molar-refractivity contribution >= 4 is 5.91 Å². The molecule has 1 fully saturated rings. The number of carbonyl (C=O) groups is 1. The molecule has 1 saturated carbocycles. The Morgan fingerprint density at radius 2 is 2.08 bits per heavy atom. The van der Waals surface area contributed by atoms with Crippen molar-refractivity contribution in [1.29, 1.82) is 0 Å². The van der Waals surface area contributed by atoms with Crippen LogP contribution in [-0.4, -0.2) is 37.0 Å². The van der Waals surface area contributed by atoms with Crippen molar-refractivity contribution in [3.8, 4) is 5.75 Å². The number of furan rings is 1. The van der Waals surface area contributed by atoms with Gasteiger partial charge in [0.25, 0.3) is 0 Å². The van der Waals surface area contributed by atoms with Gasteiger partial charge in [0.2, 0.25) is 5.91 Å². The molecule has 1 amide bonds. The first-order valence-corrected chi connectivity index (χ1v) is 8.40. The molecular formula is C19H24N2O3. The van der Waals surface area contributed by atoms with Gasteiger partial charge in [0.05, 0.1) is 26.5 Å². The molecule has 0 radical (unpaired) electrons. The zero-order valence-corrected chi connectivity index (χ0v) is 14.0. The van der Waals surface area contributed by atoms with E-state index in [4.69, 9.17) is 9.15 Å². The lowest BCUT2D eigenvalue weighted by atomic mass is 10.1. The van der Waals surface area contributed by atoms with E-state index >= 15 is 0 Å². The average molecular weight is 328 g/mol. The summed E-state index contributed by atoms with van der Waals surface area (Å²) in [5, 5.41) is 3.01. The van der Waals surface area contributed by atoms with Gasteiger partial charge in [0.1, 0.15) is 11.5 Å². The molecule has 1 N–H and O–H groups in total. The molecular weight excluding hydrogens is 304 g/mol. The predicted octanol–water partition coefficient (Wildman–Crippen LogP) is 2.61. The minimum atomic E-state index is 0.0713. The van der Waals surface area contributed by atoms with Gasteiger partial charge in [-0.15, -0.1) is 0 Å². The van der Waals surface area contributed by atoms with Crippen molar-refractivity contribution in [2.75, 3.05) is 20.2 Å². The number of carbonyl (C=O) groups excluding carboxylic acids is 1. The van der Waals surface area contributed by atoms with E-state index in [0.29, 0.717) is 25.7 Å². The summed E-state index contributed by atoms with van der Waals surface area (Å²) in [6.07, 6.45) is 4.83. The average Bonchev–Trinajstić information content (AvgIpc) is 3.32. The van der Waals surface area contributed by atoms with E-state index in [2.05, 4.69) is 10.2 Å². The molecule has 1 aliphatic carbocycles. The van der Waals surface area contributed by atoms with Gasteiger partial charge in [-0.2, -0.15) is 0 Å². The highest BCUT2D eigenvalue weighted by Crippen LogP contribution is 2.28. The molecule has 0 bridgehead atoms. The Bertz CT molecular complexity index is 633. The first kappa shape index (κ1) is 16.6. The molecule has 5 heteroatoms. The van der Waals surface area contributed by atoms with Gasteiger partial charge in [-0.05, 0) is 49.1 Å². The van der Waals surface area contributed by atoms with Crippen molar-refractivity contribution in [2.24, 2.45) is 0 Å². The molecule has 3 rings (SSSR count). The minimum Gasteiger partial charge on any atom is -0.497 e. The highest BCUT2D eigenvalue weighted by molar-refractivity contribution is 5.78. The van der Waals surface area contributed by atoms with Crippen LogP contribution in [0.3, 0.4) is 0 Å². The molecule has 1 aromatic carbocycles. The summed E-state index contributed by atoms with van der Waals surface area (Å²) in [6, 6.07) is 12.3. The molecule has 1 aromatic heterocycles. The highest BCUT2D eigenvalue weighted by atomic mass is 16.5. The lowest BCUT2D eigenvalue weighted by Gasteiger charge is -2.20. The minimum absolute atomic E-state index is 0.0713. The summed E-state index contributed by atoms with van der Waals surface area (Å²) in [5.74, 6) is 1.83. The first-order valence-electron chi connectivity index (χ1n) is 8.40. The number of benzene rings is 1. The molecule has 0 unspecified atom stereocenters. The van der Waals surface area contributed by atoms with Crippen molar-refractivity contribution in [2.45, 2.75) is 31.8 Å². The van der Waals surface area contributed by atoms with E-state index in [1.165, 1.54) is 18.4 Å². The topological polar surface area (TPSA) is 54.7 Å². The summed E-state index contributed by atoms with van der Waals surface area (Å²) >= 11 is 0. The van der Waals surface area contributed by atoms with E-state index in [-0.39, 0.29) is 5.91 Å². The molecule has 1 aliphatic rings. The molecule has 24 heavy (non-hydrogen) atoms. The second kappa shape index (κ2) is 8.02. The molecule has 128 valence electrons. The second-order valence-electron chi connectivity index (χ2n) is 6.16. The fourth-order valence-corrected chi connectivity index (χ4v) is 2.74. The van der Waals surface area contributed by atoms with Crippen LogP contribution in [0.1, 0.15) is 24.2 Å². The molecule has 0 spiro atoms. The van der Waals surface area contributed by atoms with Crippen LogP contribution in [0, 0.1) is 0 Å². The van der Waals surface area contributed by atoms with E-state index in [9.17, 15) is 4.79 Å². The van der Waals surface area contributed by atoms with Crippen LogP contribution in [0.15, 0.2) is 47.1 Å². The lowest BCUT2D eigenvalue weighted by Crippen LogP contribution is -2.38. The monoisotopic (exact) mass is 328 g/mol. The van der Waals surface area contributed by atoms with E-state index < -0.39 is 0 Å². The van der Waals surface area contributed by atoms with Gasteiger partial charge < -0.3 is 14.5 Å². The summed E-state index contributed by atoms with van der Waals surface area (Å²) in [5.41, 5.74) is 1.19. The molecule has 0 atom stereocenters. The standard InChI is InChI=1S/C19H24N2O3/c1-23-17-8-4-15(5-9-17)10-11-20-19(22)14-21(16-6-7-16)13-18-3-2-12-24-18/h2-5,8-9,12,16H,6-7,10-11,13-14H2,1H3,(H,20,22). The van der Waals surface area contributed by atoms with Gasteiger partial charge in [-0.1, -0.05) is 12.1 Å². The molecule has 5 nitrogen and oxygen atoms in total. The van der Waals surface area contributed by atoms with Gasteiger partial charge in [-0.3, -0.25) is 9.69 Å². The first-order chi connectivity index (χ1) is 11.7. The number of nitrogens with one attached hydrogen (secondary N) is 1. The van der Waals surface area contributed by atoms with Gasteiger partial charge in [0.15, 0.2) is 0 Å². The molecule has 0 aliphatic heterocycles. The Kier molecular flexibility index (Phi) is 5.54. The number of hydrogen-bond acceptors (Lipinski definition) is 4. The number of nitrogens with zero attached hydrogens (tertiary/aromatic N) is 1. The van der Waals surface area contributed by atoms with Crippen LogP contribution in [0.4, 0.5) is 0 Å². The largest absolute Gasteiger partial charge is 0.497 e. The highest BCUT2D eigenvalue weighted by Gasteiger charge is 2.30. The number of methoxy groups -OCH3 is 1. The third-order valence-electron chi connectivity index (χ3n) is 4.24. The third kappa shape index (κ3) is 4.86. The second-order valence-corrected chi connectivity index (χ2v) is 6.16. The quantitative estimate of drug-likeness (QED) is 0.769. The van der Waals surface area contributed by atoms with E-state index in [1.807, 2.05) is 36.4 Å². The number of hydrogen-bond donors (Lipinski definition) is 1. The Morgan fingerprint density at radius 3 is 2.71 bits per heavy atom. The third-order valence-corrected chi connectivity index (χ3v) is 4.24. The van der Waals surface area contributed by atoms with Gasteiger partial charge >= 0.3 is 0 Å². The van der Waals surface area contributed by atoms with Crippen LogP contribution < -0.4 is 10.1 Å². The van der Waals surface area contributed by atoms with Crippen LogP contribution >= 0.6 is 0 Å². The Hall–Kier alpha value is -2.27. The zero-order valence-electron chi connectivity index (χ0n) is 14.0. The Labute approximate surface area is 142 Å². The van der Waals surface area contributed by atoms with Crippen LogP contribution in [0.2, 0.25) is 0 Å². The predicted molar refractivity (Wildman–Crippen MR) is 91.8 cm³/mol. The van der Waals surface area contributed by atoms with E-state index in [0.717, 1.165) is 17.9 Å². The van der Waals surface area contributed by atoms with Crippen molar-refractivity contribution in [1.82, 2.24) is 10.2 Å². The van der Waals surface area contributed by atoms with Crippen LogP contribution in [0.25, 0.3) is 0 Å². The van der Waals surface area contributed by atoms with E-state index in [1.54, 1.807) is 13.4 Å². The zero-order chi connectivity index (χ0) is 16.8. The fraction of sp³-hybridized carbons (Fsp3) is 0.421. The van der Waals surface area contributed by atoms with Crippen molar-refractivity contribution in [3.05, 3.63) is 54.0 Å². The fourth-order valence-electron chi connectivity index (χ4n) is 2.74. The van der Waals surface area contributed by atoms with Crippen LogP contribution in [-0.2, 0) is 17.8 Å². The summed E-state index contributed by atoms with van der Waals surface area (Å²) in [6.45, 7) is 1.77. The maximum Gasteiger partial charge on any atom is 0.234 e. The maximum absolute atomic E-state index is 12.2. The molecule has 2 aromatic rings. The maximum atomic E-state index is 12.2. The van der Waals surface area contributed by atoms with Gasteiger partial charge in [-0.25, -0.2) is 0 Å². The van der Waals surface area contributed by atoms with Crippen molar-refractivity contribution in [3.63, 3.8) is 0 Å². The normalized spacial score (nSPS) is 13.9. The Morgan fingerprint density at radius 1 is 1.29 bits per heavy atom. The van der Waals surface area contributed by atoms with Crippen molar-refractivity contribution < 1.29 is 13.9 Å². The summed E-state index contributed by atoms with van der Waals surface area (Å²) in [4.78, 5) is 14.4.